The maximum absolute atomic E-state index is 11.8. The van der Waals surface area contributed by atoms with Crippen molar-refractivity contribution in [3.63, 3.8) is 0 Å². The largest absolute Gasteiger partial charge is 0.462 e. The van der Waals surface area contributed by atoms with Gasteiger partial charge < -0.3 is 10.1 Å². The van der Waals surface area contributed by atoms with Crippen molar-refractivity contribution >= 4 is 29.7 Å². The van der Waals surface area contributed by atoms with E-state index >= 15 is 0 Å². The molecule has 1 aromatic carbocycles. The van der Waals surface area contributed by atoms with Crippen LogP contribution in [0, 0.1) is 11.7 Å². The topological polar surface area (TPSA) is 79.9 Å². The van der Waals surface area contributed by atoms with Crippen molar-refractivity contribution in [1.29, 1.82) is 0 Å². The third-order valence-corrected chi connectivity index (χ3v) is 2.86. The molecule has 0 fully saturated rings. The van der Waals surface area contributed by atoms with Crippen LogP contribution in [0.4, 0.5) is 11.5 Å². The summed E-state index contributed by atoms with van der Waals surface area (Å²) in [6.45, 7) is 4.17. The average molecular weight is 304 g/mol. The third-order valence-electron chi connectivity index (χ3n) is 2.67. The number of aromatic nitrogens is 3. The maximum atomic E-state index is 11.8. The Morgan fingerprint density at radius 2 is 2.29 bits per heavy atom. The Morgan fingerprint density at radius 1 is 1.48 bits per heavy atom. The molecule has 0 radical (unpaired) electrons. The van der Waals surface area contributed by atoms with Crippen LogP contribution in [-0.4, -0.2) is 27.8 Å². The summed E-state index contributed by atoms with van der Waals surface area (Å²) in [6.07, 6.45) is 0.792. The summed E-state index contributed by atoms with van der Waals surface area (Å²) < 4.78 is 5.40. The van der Waals surface area contributed by atoms with Crippen molar-refractivity contribution in [2.75, 3.05) is 11.9 Å². The number of H-pyrrole nitrogens is 1. The van der Waals surface area contributed by atoms with Crippen molar-refractivity contribution in [1.82, 2.24) is 15.2 Å². The van der Waals surface area contributed by atoms with Crippen LogP contribution in [0.1, 0.15) is 29.4 Å². The van der Waals surface area contributed by atoms with Crippen LogP contribution < -0.4 is 5.32 Å². The van der Waals surface area contributed by atoms with Gasteiger partial charge in [-0.15, -0.1) is 0 Å². The molecular formula is C14H16N4O2S. The van der Waals surface area contributed by atoms with Crippen molar-refractivity contribution in [2.45, 2.75) is 20.3 Å². The van der Waals surface area contributed by atoms with Gasteiger partial charge in [-0.1, -0.05) is 13.0 Å². The van der Waals surface area contributed by atoms with Crippen molar-refractivity contribution in [2.24, 2.45) is 0 Å². The highest BCUT2D eigenvalue weighted by Crippen LogP contribution is 2.18. The summed E-state index contributed by atoms with van der Waals surface area (Å²) in [5, 5.41) is 9.74. The van der Waals surface area contributed by atoms with Gasteiger partial charge in [-0.3, -0.25) is 5.10 Å². The van der Waals surface area contributed by atoms with E-state index in [2.05, 4.69) is 20.5 Å². The number of carbonyl (C=O) groups excluding carboxylic acids is 1. The van der Waals surface area contributed by atoms with E-state index in [1.807, 2.05) is 13.0 Å². The third kappa shape index (κ3) is 4.09. The van der Waals surface area contributed by atoms with Crippen molar-refractivity contribution in [3.05, 3.63) is 40.3 Å². The molecule has 0 amide bonds. The number of benzene rings is 1. The molecule has 1 aromatic heterocycles. The van der Waals surface area contributed by atoms with E-state index in [1.54, 1.807) is 25.1 Å². The Labute approximate surface area is 127 Å². The van der Waals surface area contributed by atoms with Gasteiger partial charge in [0.25, 0.3) is 0 Å². The van der Waals surface area contributed by atoms with E-state index in [-0.39, 0.29) is 5.97 Å². The molecule has 6 nitrogen and oxygen atoms in total. The van der Waals surface area contributed by atoms with Crippen LogP contribution in [0.2, 0.25) is 0 Å². The van der Waals surface area contributed by atoms with Gasteiger partial charge in [0, 0.05) is 5.69 Å². The number of nitrogens with one attached hydrogen (secondary N) is 2. The van der Waals surface area contributed by atoms with Crippen LogP contribution in [0.25, 0.3) is 0 Å². The molecule has 110 valence electrons. The lowest BCUT2D eigenvalue weighted by Gasteiger charge is -2.09. The number of nitrogens with zero attached hydrogens (tertiary/aromatic N) is 2. The molecule has 1 heterocycles. The second-order valence-electron chi connectivity index (χ2n) is 4.42. The molecule has 0 unspecified atom stereocenters. The second kappa shape index (κ2) is 6.94. The minimum atomic E-state index is -0.339. The van der Waals surface area contributed by atoms with E-state index in [4.69, 9.17) is 17.0 Å². The van der Waals surface area contributed by atoms with Gasteiger partial charge in [-0.25, -0.2) is 4.79 Å². The lowest BCUT2D eigenvalue weighted by Crippen LogP contribution is -2.07. The lowest BCUT2D eigenvalue weighted by molar-refractivity contribution is 0.0505. The van der Waals surface area contributed by atoms with Crippen LogP contribution in [0.3, 0.4) is 0 Å². The van der Waals surface area contributed by atoms with Crippen LogP contribution in [0.5, 0.6) is 0 Å². The summed E-state index contributed by atoms with van der Waals surface area (Å²) in [5.74, 6) is 0.214. The number of anilines is 2. The zero-order valence-corrected chi connectivity index (χ0v) is 12.7. The molecule has 0 aliphatic heterocycles. The minimum Gasteiger partial charge on any atom is -0.462 e. The predicted molar refractivity (Wildman–Crippen MR) is 82.3 cm³/mol. The normalized spacial score (nSPS) is 10.2. The highest BCUT2D eigenvalue weighted by atomic mass is 32.1. The molecule has 0 spiro atoms. The standard InChI is InChI=1S/C14H16N4O2S/c1-3-7-20-13(19)10-5-4-6-11(8-10)15-12-9(2)17-18-14(21)16-12/h4-6,8H,3,7H2,1-2H3,(H2,15,16,18,21). The Kier molecular flexibility index (Phi) is 4.99. The monoisotopic (exact) mass is 304 g/mol. The first-order valence-corrected chi connectivity index (χ1v) is 6.98. The Hall–Kier alpha value is -2.28. The number of rotatable bonds is 5. The zero-order valence-electron chi connectivity index (χ0n) is 11.8. The van der Waals surface area contributed by atoms with Gasteiger partial charge in [0.15, 0.2) is 5.82 Å². The first-order valence-electron chi connectivity index (χ1n) is 6.57. The first-order chi connectivity index (χ1) is 10.1. The number of carbonyl (C=O) groups is 1. The molecule has 2 aromatic rings. The predicted octanol–water partition coefficient (Wildman–Crippen LogP) is 3.15. The van der Waals surface area contributed by atoms with Crippen LogP contribution in [-0.2, 0) is 4.74 Å². The fourth-order valence-electron chi connectivity index (χ4n) is 1.65. The number of aryl methyl sites for hydroxylation is 1. The quantitative estimate of drug-likeness (QED) is 0.652. The summed E-state index contributed by atoms with van der Waals surface area (Å²) in [7, 11) is 0. The Bertz CT molecular complexity index is 699. The van der Waals surface area contributed by atoms with Crippen molar-refractivity contribution < 1.29 is 9.53 Å². The summed E-state index contributed by atoms with van der Waals surface area (Å²) in [4.78, 5) is 16.0. The molecular weight excluding hydrogens is 288 g/mol. The van der Waals surface area contributed by atoms with E-state index in [0.717, 1.165) is 12.1 Å². The van der Waals surface area contributed by atoms with Gasteiger partial charge in [-0.2, -0.15) is 10.1 Å². The average Bonchev–Trinajstić information content (AvgIpc) is 2.49. The maximum Gasteiger partial charge on any atom is 0.338 e. The number of aromatic amines is 1. The van der Waals surface area contributed by atoms with Crippen LogP contribution in [0.15, 0.2) is 24.3 Å². The van der Waals surface area contributed by atoms with Gasteiger partial charge in [-0.05, 0) is 43.8 Å². The highest BCUT2D eigenvalue weighted by Gasteiger charge is 2.08. The number of esters is 1. The molecule has 0 aliphatic carbocycles. The zero-order chi connectivity index (χ0) is 15.2. The Morgan fingerprint density at radius 3 is 3.05 bits per heavy atom. The van der Waals surface area contributed by atoms with Gasteiger partial charge in [0.05, 0.1) is 12.2 Å². The number of hydrogen-bond donors (Lipinski definition) is 2. The summed E-state index contributed by atoms with van der Waals surface area (Å²) in [6, 6.07) is 7.02. The van der Waals surface area contributed by atoms with Gasteiger partial charge in [0.1, 0.15) is 5.69 Å². The van der Waals surface area contributed by atoms with E-state index in [9.17, 15) is 4.79 Å². The molecule has 0 saturated carbocycles. The SMILES string of the molecule is CCCOC(=O)c1cccc(Nc2nc(=S)[nH]nc2C)c1. The Balaban J connectivity index is 2.19. The van der Waals surface area contributed by atoms with E-state index in [1.165, 1.54) is 0 Å². The lowest BCUT2D eigenvalue weighted by atomic mass is 10.2. The van der Waals surface area contributed by atoms with E-state index < -0.39 is 0 Å². The van der Waals surface area contributed by atoms with Gasteiger partial charge in [0.2, 0.25) is 4.77 Å². The first kappa shape index (κ1) is 15.1. The summed E-state index contributed by atoms with van der Waals surface area (Å²) >= 11 is 4.95. The van der Waals surface area contributed by atoms with E-state index in [0.29, 0.717) is 28.5 Å². The molecule has 21 heavy (non-hydrogen) atoms. The number of hydrogen-bond acceptors (Lipinski definition) is 6. The van der Waals surface area contributed by atoms with Crippen molar-refractivity contribution in [3.8, 4) is 0 Å². The smallest absolute Gasteiger partial charge is 0.338 e. The molecule has 0 aliphatic rings. The molecule has 0 atom stereocenters. The minimum absolute atomic E-state index is 0.293. The summed E-state index contributed by atoms with van der Waals surface area (Å²) in [5.41, 5.74) is 1.89. The molecule has 2 rings (SSSR count). The second-order valence-corrected chi connectivity index (χ2v) is 4.80. The van der Waals surface area contributed by atoms with Gasteiger partial charge >= 0.3 is 5.97 Å². The number of ether oxygens (including phenoxy) is 1. The molecule has 7 heteroatoms. The van der Waals surface area contributed by atoms with Crippen LogP contribution >= 0.6 is 12.2 Å². The molecule has 0 saturated heterocycles. The highest BCUT2D eigenvalue weighted by molar-refractivity contribution is 7.71. The fourth-order valence-corrected chi connectivity index (χ4v) is 1.79. The molecule has 2 N–H and O–H groups in total. The molecule has 0 bridgehead atoms. The fraction of sp³-hybridized carbons (Fsp3) is 0.286.